The first-order valence-electron chi connectivity index (χ1n) is 7.90. The average molecular weight is 388 g/mol. The van der Waals surface area contributed by atoms with Crippen LogP contribution in [0.2, 0.25) is 0 Å². The van der Waals surface area contributed by atoms with Crippen LogP contribution in [0.1, 0.15) is 25.8 Å². The molecule has 3 amide bonds. The molecule has 0 aliphatic heterocycles. The lowest BCUT2D eigenvalue weighted by atomic mass is 10.2. The van der Waals surface area contributed by atoms with Gasteiger partial charge in [0.2, 0.25) is 0 Å². The number of nitrogens with one attached hydrogen (secondary N) is 2. The first kappa shape index (κ1) is 22.0. The van der Waals surface area contributed by atoms with Crippen LogP contribution in [0.25, 0.3) is 6.08 Å². The average Bonchev–Trinajstić information content (AvgIpc) is 2.57. The van der Waals surface area contributed by atoms with Crippen LogP contribution in [-0.4, -0.2) is 36.9 Å². The summed E-state index contributed by atoms with van der Waals surface area (Å²) in [5.74, 6) is -2.05. The van der Waals surface area contributed by atoms with Gasteiger partial charge in [-0.3, -0.25) is 10.1 Å². The fourth-order valence-corrected chi connectivity index (χ4v) is 1.65. The molecule has 0 aliphatic rings. The van der Waals surface area contributed by atoms with Crippen LogP contribution in [0.3, 0.4) is 0 Å². The van der Waals surface area contributed by atoms with Crippen molar-refractivity contribution in [2.45, 2.75) is 32.7 Å². The molecule has 1 rings (SSSR count). The molecular weight excluding hydrogens is 369 g/mol. The van der Waals surface area contributed by atoms with Gasteiger partial charge in [-0.2, -0.15) is 0 Å². The van der Waals surface area contributed by atoms with Gasteiger partial charge < -0.3 is 14.8 Å². The van der Waals surface area contributed by atoms with Crippen molar-refractivity contribution in [2.75, 3.05) is 6.61 Å². The smallest absolute Gasteiger partial charge is 0.452 e. The van der Waals surface area contributed by atoms with E-state index in [1.807, 2.05) is 12.2 Å². The van der Waals surface area contributed by atoms with Crippen molar-refractivity contribution in [3.63, 3.8) is 0 Å². The van der Waals surface area contributed by atoms with Gasteiger partial charge in [-0.05, 0) is 37.1 Å². The highest BCUT2D eigenvalue weighted by Gasteiger charge is 2.30. The number of alkyl halides is 3. The van der Waals surface area contributed by atoms with E-state index in [-0.39, 0.29) is 6.04 Å². The fourth-order valence-electron chi connectivity index (χ4n) is 1.65. The van der Waals surface area contributed by atoms with Crippen molar-refractivity contribution in [1.82, 2.24) is 10.6 Å². The Kier molecular flexibility index (Phi) is 8.31. The minimum absolute atomic E-state index is 0.115. The third-order valence-corrected chi connectivity index (χ3v) is 3.11. The van der Waals surface area contributed by atoms with Gasteiger partial charge in [-0.25, -0.2) is 9.59 Å². The third-order valence-electron chi connectivity index (χ3n) is 3.11. The Bertz CT molecular complexity index is 687. The third kappa shape index (κ3) is 9.88. The molecule has 0 bridgehead atoms. The topological polar surface area (TPSA) is 93.7 Å². The Balaban J connectivity index is 2.41. The van der Waals surface area contributed by atoms with E-state index in [0.717, 1.165) is 18.2 Å². The molecule has 148 valence electrons. The van der Waals surface area contributed by atoms with Crippen LogP contribution in [0, 0.1) is 0 Å². The number of amides is 3. The number of carbonyl (C=O) groups is 3. The summed E-state index contributed by atoms with van der Waals surface area (Å²) in [5, 5.41) is 4.51. The molecule has 2 N–H and O–H groups in total. The Labute approximate surface area is 153 Å². The maximum absolute atomic E-state index is 12.1. The molecule has 0 heterocycles. The lowest BCUT2D eigenvalue weighted by Gasteiger charge is -2.11. The summed E-state index contributed by atoms with van der Waals surface area (Å²) in [6.07, 6.45) is -1.82. The van der Waals surface area contributed by atoms with Crippen molar-refractivity contribution in [1.29, 1.82) is 0 Å². The first-order chi connectivity index (χ1) is 12.6. The summed E-state index contributed by atoms with van der Waals surface area (Å²) in [6.45, 7) is 2.96. The highest BCUT2D eigenvalue weighted by Crippen LogP contribution is 2.22. The fraction of sp³-hybridized carbons (Fsp3) is 0.353. The van der Waals surface area contributed by atoms with E-state index in [0.29, 0.717) is 12.0 Å². The molecule has 1 aromatic carbocycles. The standard InChI is InChI=1S/C17H19F3N2O5/c1-3-11(2)21-16(25)22-14(23)10-26-15(24)9-6-12-4-7-13(8-5-12)27-17(18,19)20/h4-9,11H,3,10H2,1-2H3,(H2,21,22,23,25)/b9-6+/t11-/m1/s1. The molecule has 0 unspecified atom stereocenters. The van der Waals surface area contributed by atoms with Gasteiger partial charge in [-0.15, -0.1) is 13.2 Å². The Hall–Kier alpha value is -3.04. The lowest BCUT2D eigenvalue weighted by molar-refractivity contribution is -0.274. The van der Waals surface area contributed by atoms with Gasteiger partial charge >= 0.3 is 18.4 Å². The van der Waals surface area contributed by atoms with Crippen molar-refractivity contribution in [2.24, 2.45) is 0 Å². The second kappa shape index (κ2) is 10.2. The molecule has 1 aromatic rings. The van der Waals surface area contributed by atoms with Gasteiger partial charge in [0.25, 0.3) is 5.91 Å². The lowest BCUT2D eigenvalue weighted by Crippen LogP contribution is -2.44. The van der Waals surface area contributed by atoms with Crippen LogP contribution in [0.15, 0.2) is 30.3 Å². The number of esters is 1. The first-order valence-corrected chi connectivity index (χ1v) is 7.90. The minimum atomic E-state index is -4.78. The number of ether oxygens (including phenoxy) is 2. The second-order valence-electron chi connectivity index (χ2n) is 5.39. The monoisotopic (exact) mass is 388 g/mol. The molecule has 0 saturated carbocycles. The molecule has 0 aliphatic carbocycles. The van der Waals surface area contributed by atoms with Gasteiger partial charge in [0, 0.05) is 12.1 Å². The Morgan fingerprint density at radius 2 is 1.81 bits per heavy atom. The maximum atomic E-state index is 12.1. The normalized spacial score (nSPS) is 12.3. The van der Waals surface area contributed by atoms with E-state index in [1.54, 1.807) is 6.92 Å². The van der Waals surface area contributed by atoms with Crippen molar-refractivity contribution < 1.29 is 37.0 Å². The highest BCUT2D eigenvalue weighted by molar-refractivity contribution is 5.96. The molecule has 0 aromatic heterocycles. The number of benzene rings is 1. The molecular formula is C17H19F3N2O5. The molecule has 0 fully saturated rings. The van der Waals surface area contributed by atoms with Gasteiger partial charge in [0.1, 0.15) is 5.75 Å². The molecule has 7 nitrogen and oxygen atoms in total. The predicted octanol–water partition coefficient (Wildman–Crippen LogP) is 2.77. The van der Waals surface area contributed by atoms with Crippen LogP contribution in [0.4, 0.5) is 18.0 Å². The Morgan fingerprint density at radius 3 is 2.37 bits per heavy atom. The summed E-state index contributed by atoms with van der Waals surface area (Å²) in [4.78, 5) is 34.4. The van der Waals surface area contributed by atoms with Crippen LogP contribution in [-0.2, 0) is 14.3 Å². The zero-order chi connectivity index (χ0) is 20.4. The van der Waals surface area contributed by atoms with E-state index in [2.05, 4.69) is 14.8 Å². The quantitative estimate of drug-likeness (QED) is 0.553. The van der Waals surface area contributed by atoms with E-state index < -0.39 is 36.6 Å². The Morgan fingerprint density at radius 1 is 1.19 bits per heavy atom. The van der Waals surface area contributed by atoms with Gasteiger partial charge in [0.05, 0.1) is 0 Å². The summed E-state index contributed by atoms with van der Waals surface area (Å²) < 4.78 is 44.5. The number of urea groups is 1. The largest absolute Gasteiger partial charge is 0.573 e. The van der Waals surface area contributed by atoms with Crippen molar-refractivity contribution in [3.05, 3.63) is 35.9 Å². The molecule has 0 spiro atoms. The van der Waals surface area contributed by atoms with Gasteiger partial charge in [0.15, 0.2) is 6.61 Å². The van der Waals surface area contributed by atoms with Gasteiger partial charge in [-0.1, -0.05) is 19.1 Å². The van der Waals surface area contributed by atoms with E-state index in [4.69, 9.17) is 0 Å². The number of hydrogen-bond donors (Lipinski definition) is 2. The van der Waals surface area contributed by atoms with Crippen LogP contribution < -0.4 is 15.4 Å². The molecule has 10 heteroatoms. The van der Waals surface area contributed by atoms with Crippen LogP contribution >= 0.6 is 0 Å². The van der Waals surface area contributed by atoms with E-state index >= 15 is 0 Å². The van der Waals surface area contributed by atoms with E-state index in [9.17, 15) is 27.6 Å². The molecule has 0 saturated heterocycles. The number of hydrogen-bond acceptors (Lipinski definition) is 5. The van der Waals surface area contributed by atoms with Crippen molar-refractivity contribution in [3.8, 4) is 5.75 Å². The number of rotatable bonds is 7. The van der Waals surface area contributed by atoms with Crippen molar-refractivity contribution >= 4 is 24.0 Å². The maximum Gasteiger partial charge on any atom is 0.573 e. The molecule has 1 atom stereocenters. The molecule has 0 radical (unpaired) electrons. The SMILES string of the molecule is CC[C@@H](C)NC(=O)NC(=O)COC(=O)/C=C/c1ccc(OC(F)(F)F)cc1. The van der Waals surface area contributed by atoms with E-state index in [1.165, 1.54) is 18.2 Å². The number of halogens is 3. The molecule has 27 heavy (non-hydrogen) atoms. The summed E-state index contributed by atoms with van der Waals surface area (Å²) >= 11 is 0. The zero-order valence-electron chi connectivity index (χ0n) is 14.6. The highest BCUT2D eigenvalue weighted by atomic mass is 19.4. The summed E-state index contributed by atoms with van der Waals surface area (Å²) in [7, 11) is 0. The van der Waals surface area contributed by atoms with Crippen LogP contribution in [0.5, 0.6) is 5.75 Å². The number of imide groups is 1. The summed E-state index contributed by atoms with van der Waals surface area (Å²) in [5.41, 5.74) is 0.416. The number of carbonyl (C=O) groups excluding carboxylic acids is 3. The predicted molar refractivity (Wildman–Crippen MR) is 89.5 cm³/mol. The summed E-state index contributed by atoms with van der Waals surface area (Å²) in [6, 6.07) is 3.97. The zero-order valence-corrected chi connectivity index (χ0v) is 14.6. The minimum Gasteiger partial charge on any atom is -0.452 e. The second-order valence-corrected chi connectivity index (χ2v) is 5.39.